The molecule has 2 aliphatic heterocycles. The summed E-state index contributed by atoms with van der Waals surface area (Å²) in [6.07, 6.45) is 1.43. The predicted molar refractivity (Wildman–Crippen MR) is 75.9 cm³/mol. The maximum Gasteiger partial charge on any atom is 0.355 e. The lowest BCUT2D eigenvalue weighted by Gasteiger charge is -2.48. The number of rotatable bonds is 5. The summed E-state index contributed by atoms with van der Waals surface area (Å²) in [6.45, 7) is 4.73. The summed E-state index contributed by atoms with van der Waals surface area (Å²) in [5.74, 6) is -0.978. The van der Waals surface area contributed by atoms with Crippen molar-refractivity contribution in [1.29, 1.82) is 0 Å². The standard InChI is InChI=1S/C13H16N2O5S/c1-3-4-19-13(18)10-8(5-20-7(2)16)6-21-12-9(14)11(17)15(10)12/h3,9,12H,1,4-6,14H2,2H3/t9-,12+/m0/s1. The maximum absolute atomic E-state index is 12.1. The summed E-state index contributed by atoms with van der Waals surface area (Å²) in [4.78, 5) is 36.3. The summed E-state index contributed by atoms with van der Waals surface area (Å²) >= 11 is 1.43. The highest BCUT2D eigenvalue weighted by atomic mass is 32.2. The minimum absolute atomic E-state index is 0.0368. The largest absolute Gasteiger partial charge is 0.461 e. The topological polar surface area (TPSA) is 98.9 Å². The molecule has 2 heterocycles. The van der Waals surface area contributed by atoms with Gasteiger partial charge in [0.2, 0.25) is 5.91 Å². The molecule has 0 spiro atoms. The van der Waals surface area contributed by atoms with Crippen molar-refractivity contribution in [3.8, 4) is 0 Å². The molecule has 2 rings (SSSR count). The van der Waals surface area contributed by atoms with E-state index in [4.69, 9.17) is 15.2 Å². The molecule has 1 saturated heterocycles. The summed E-state index contributed by atoms with van der Waals surface area (Å²) < 4.78 is 9.93. The number of nitrogens with zero attached hydrogens (tertiary/aromatic N) is 1. The molecule has 2 atom stereocenters. The van der Waals surface area contributed by atoms with Crippen LogP contribution in [0.5, 0.6) is 0 Å². The fourth-order valence-electron chi connectivity index (χ4n) is 2.07. The summed E-state index contributed by atoms with van der Waals surface area (Å²) in [6, 6.07) is -0.618. The first-order valence-electron chi connectivity index (χ1n) is 6.31. The van der Waals surface area contributed by atoms with Crippen LogP contribution in [0.2, 0.25) is 0 Å². The highest BCUT2D eigenvalue weighted by Gasteiger charge is 2.52. The molecular weight excluding hydrogens is 296 g/mol. The summed E-state index contributed by atoms with van der Waals surface area (Å²) in [5.41, 5.74) is 6.39. The molecule has 0 bridgehead atoms. The van der Waals surface area contributed by atoms with Gasteiger partial charge >= 0.3 is 11.9 Å². The van der Waals surface area contributed by atoms with E-state index in [9.17, 15) is 14.4 Å². The molecule has 2 aliphatic rings. The molecule has 21 heavy (non-hydrogen) atoms. The van der Waals surface area contributed by atoms with E-state index in [0.29, 0.717) is 11.3 Å². The van der Waals surface area contributed by atoms with Crippen molar-refractivity contribution in [2.75, 3.05) is 19.0 Å². The third kappa shape index (κ3) is 2.96. The van der Waals surface area contributed by atoms with Crippen molar-refractivity contribution in [3.05, 3.63) is 23.9 Å². The van der Waals surface area contributed by atoms with E-state index in [2.05, 4.69) is 6.58 Å². The first kappa shape index (κ1) is 15.6. The number of amides is 1. The second-order valence-corrected chi connectivity index (χ2v) is 5.66. The molecule has 0 aromatic carbocycles. The SMILES string of the molecule is C=CCOC(=O)C1=C(COC(C)=O)CS[C@@H]2[C@@H](N)C(=O)N12. The number of thioether (sulfide) groups is 1. The predicted octanol–water partition coefficient (Wildman–Crippen LogP) is -0.225. The Bertz CT molecular complexity index is 531. The number of esters is 2. The quantitative estimate of drug-likeness (QED) is 0.425. The lowest BCUT2D eigenvalue weighted by molar-refractivity contribution is -0.150. The van der Waals surface area contributed by atoms with Gasteiger partial charge in [0, 0.05) is 18.2 Å². The third-order valence-electron chi connectivity index (χ3n) is 3.06. The van der Waals surface area contributed by atoms with Crippen LogP contribution in [0.15, 0.2) is 23.9 Å². The average molecular weight is 312 g/mol. The zero-order valence-corrected chi connectivity index (χ0v) is 12.4. The molecule has 1 amide bonds. The number of fused-ring (bicyclic) bond motifs is 1. The Balaban J connectivity index is 2.25. The van der Waals surface area contributed by atoms with E-state index in [-0.39, 0.29) is 30.2 Å². The van der Waals surface area contributed by atoms with Gasteiger partial charge in [-0.15, -0.1) is 11.8 Å². The van der Waals surface area contributed by atoms with Crippen LogP contribution in [0.1, 0.15) is 6.92 Å². The van der Waals surface area contributed by atoms with Gasteiger partial charge in [0.15, 0.2) is 0 Å². The number of carbonyl (C=O) groups is 3. The van der Waals surface area contributed by atoms with Gasteiger partial charge < -0.3 is 15.2 Å². The Morgan fingerprint density at radius 1 is 1.52 bits per heavy atom. The zero-order chi connectivity index (χ0) is 15.6. The van der Waals surface area contributed by atoms with Gasteiger partial charge in [-0.05, 0) is 0 Å². The van der Waals surface area contributed by atoms with Crippen molar-refractivity contribution in [2.45, 2.75) is 18.3 Å². The van der Waals surface area contributed by atoms with Crippen LogP contribution in [0, 0.1) is 0 Å². The minimum atomic E-state index is -0.636. The minimum Gasteiger partial charge on any atom is -0.461 e. The van der Waals surface area contributed by atoms with E-state index in [0.717, 1.165) is 0 Å². The van der Waals surface area contributed by atoms with Gasteiger partial charge in [-0.1, -0.05) is 12.7 Å². The van der Waals surface area contributed by atoms with Gasteiger partial charge in [0.25, 0.3) is 0 Å². The number of hydrogen-bond donors (Lipinski definition) is 1. The molecule has 1 fully saturated rings. The monoisotopic (exact) mass is 312 g/mol. The van der Waals surface area contributed by atoms with Gasteiger partial charge in [0.1, 0.15) is 30.3 Å². The summed E-state index contributed by atoms with van der Waals surface area (Å²) in [7, 11) is 0. The molecule has 2 N–H and O–H groups in total. The number of ether oxygens (including phenoxy) is 2. The Morgan fingerprint density at radius 2 is 2.24 bits per heavy atom. The molecule has 0 radical (unpaired) electrons. The Labute approximate surface area is 126 Å². The van der Waals surface area contributed by atoms with E-state index >= 15 is 0 Å². The number of carbonyl (C=O) groups excluding carboxylic acids is 3. The van der Waals surface area contributed by atoms with Crippen LogP contribution in [0.4, 0.5) is 0 Å². The van der Waals surface area contributed by atoms with Crippen molar-refractivity contribution < 1.29 is 23.9 Å². The molecule has 8 heteroatoms. The normalized spacial score (nSPS) is 24.1. The highest BCUT2D eigenvalue weighted by molar-refractivity contribution is 8.00. The fourth-order valence-corrected chi connectivity index (χ4v) is 3.35. The van der Waals surface area contributed by atoms with Crippen LogP contribution in [-0.2, 0) is 23.9 Å². The fraction of sp³-hybridized carbons (Fsp3) is 0.462. The molecule has 0 saturated carbocycles. The molecular formula is C13H16N2O5S. The maximum atomic E-state index is 12.1. The van der Waals surface area contributed by atoms with Crippen molar-refractivity contribution in [3.63, 3.8) is 0 Å². The number of β-lactam (4-membered cyclic amide) rings is 1. The lowest BCUT2D eigenvalue weighted by Crippen LogP contribution is -2.68. The Morgan fingerprint density at radius 3 is 2.86 bits per heavy atom. The van der Waals surface area contributed by atoms with Gasteiger partial charge in [-0.3, -0.25) is 14.5 Å². The van der Waals surface area contributed by atoms with Crippen LogP contribution >= 0.6 is 11.8 Å². The van der Waals surface area contributed by atoms with Gasteiger partial charge in [-0.25, -0.2) is 4.79 Å². The third-order valence-corrected chi connectivity index (χ3v) is 4.42. The number of hydrogen-bond acceptors (Lipinski definition) is 7. The van der Waals surface area contributed by atoms with Crippen LogP contribution in [-0.4, -0.2) is 53.1 Å². The van der Waals surface area contributed by atoms with E-state index < -0.39 is 18.0 Å². The lowest BCUT2D eigenvalue weighted by atomic mass is 10.0. The van der Waals surface area contributed by atoms with Gasteiger partial charge in [-0.2, -0.15) is 0 Å². The first-order valence-corrected chi connectivity index (χ1v) is 7.36. The average Bonchev–Trinajstić information content (AvgIpc) is 2.48. The molecule has 0 aliphatic carbocycles. The van der Waals surface area contributed by atoms with Crippen molar-refractivity contribution in [2.24, 2.45) is 5.73 Å². The van der Waals surface area contributed by atoms with Crippen molar-refractivity contribution in [1.82, 2.24) is 4.90 Å². The second-order valence-electron chi connectivity index (χ2n) is 4.56. The Hall–Kier alpha value is -1.80. The van der Waals surface area contributed by atoms with E-state index in [1.807, 2.05) is 0 Å². The number of nitrogens with two attached hydrogens (primary N) is 1. The van der Waals surface area contributed by atoms with Gasteiger partial charge in [0.05, 0.1) is 0 Å². The zero-order valence-electron chi connectivity index (χ0n) is 11.5. The molecule has 0 aromatic heterocycles. The second kappa shape index (κ2) is 6.31. The summed E-state index contributed by atoms with van der Waals surface area (Å²) in [5, 5.41) is -0.273. The Kier molecular flexibility index (Phi) is 4.69. The first-order chi connectivity index (χ1) is 9.97. The van der Waals surface area contributed by atoms with Crippen molar-refractivity contribution >= 4 is 29.6 Å². The highest BCUT2D eigenvalue weighted by Crippen LogP contribution is 2.39. The van der Waals surface area contributed by atoms with Crippen LogP contribution in [0.25, 0.3) is 0 Å². The van der Waals surface area contributed by atoms with Crippen LogP contribution < -0.4 is 5.73 Å². The molecule has 0 aromatic rings. The van der Waals surface area contributed by atoms with Crippen LogP contribution in [0.3, 0.4) is 0 Å². The van der Waals surface area contributed by atoms with E-state index in [1.165, 1.54) is 29.7 Å². The smallest absolute Gasteiger partial charge is 0.355 e. The van der Waals surface area contributed by atoms with E-state index in [1.54, 1.807) is 0 Å². The molecule has 7 nitrogen and oxygen atoms in total. The molecule has 114 valence electrons. The molecule has 0 unspecified atom stereocenters.